The molecular formula is C18H24N4O2S. The van der Waals surface area contributed by atoms with Gasteiger partial charge < -0.3 is 5.32 Å². The first kappa shape index (κ1) is 17.9. The highest BCUT2D eigenvalue weighted by Crippen LogP contribution is 2.24. The molecular weight excluding hydrogens is 336 g/mol. The summed E-state index contributed by atoms with van der Waals surface area (Å²) in [5.41, 5.74) is 0.324. The van der Waals surface area contributed by atoms with E-state index in [4.69, 9.17) is 0 Å². The largest absolute Gasteiger partial charge is 0.352 e. The van der Waals surface area contributed by atoms with Gasteiger partial charge in [0.1, 0.15) is 0 Å². The maximum absolute atomic E-state index is 12.6. The van der Waals surface area contributed by atoms with Crippen LogP contribution in [0.2, 0.25) is 0 Å². The molecule has 134 valence electrons. The first-order chi connectivity index (χ1) is 12.1. The van der Waals surface area contributed by atoms with Gasteiger partial charge in [0, 0.05) is 18.8 Å². The van der Waals surface area contributed by atoms with Crippen molar-refractivity contribution in [2.45, 2.75) is 57.3 Å². The predicted octanol–water partition coefficient (Wildman–Crippen LogP) is 2.60. The summed E-state index contributed by atoms with van der Waals surface area (Å²) in [6.07, 6.45) is 6.27. The Hall–Kier alpha value is -1.89. The number of thioether (sulfide) groups is 1. The molecule has 3 rings (SSSR count). The van der Waals surface area contributed by atoms with Gasteiger partial charge in [-0.3, -0.25) is 14.2 Å². The Morgan fingerprint density at radius 3 is 2.96 bits per heavy atom. The number of carbonyl (C=O) groups excluding carboxylic acids is 1. The van der Waals surface area contributed by atoms with Crippen LogP contribution in [0.1, 0.15) is 39.5 Å². The second-order valence-electron chi connectivity index (χ2n) is 6.54. The molecule has 1 aliphatic carbocycles. The molecule has 2 atom stereocenters. The monoisotopic (exact) mass is 360 g/mol. The summed E-state index contributed by atoms with van der Waals surface area (Å²) in [6.45, 7) is 4.61. The maximum Gasteiger partial charge on any atom is 0.263 e. The van der Waals surface area contributed by atoms with Crippen LogP contribution >= 0.6 is 11.8 Å². The zero-order chi connectivity index (χ0) is 17.8. The van der Waals surface area contributed by atoms with Crippen molar-refractivity contribution in [2.75, 3.05) is 5.75 Å². The van der Waals surface area contributed by atoms with Gasteiger partial charge in [0.2, 0.25) is 5.91 Å². The SMILES string of the molecule is CCn1c(SCC(=O)N[C@H]2CCCC[C@@H]2C)nc2ncccc2c1=O. The van der Waals surface area contributed by atoms with Crippen LogP contribution in [0.15, 0.2) is 28.3 Å². The highest BCUT2D eigenvalue weighted by Gasteiger charge is 2.23. The topological polar surface area (TPSA) is 76.9 Å². The normalized spacial score (nSPS) is 20.6. The number of nitrogens with one attached hydrogen (secondary N) is 1. The van der Waals surface area contributed by atoms with Crippen LogP contribution in [0.5, 0.6) is 0 Å². The van der Waals surface area contributed by atoms with E-state index >= 15 is 0 Å². The number of amides is 1. The summed E-state index contributed by atoms with van der Waals surface area (Å²) in [4.78, 5) is 33.5. The highest BCUT2D eigenvalue weighted by molar-refractivity contribution is 7.99. The van der Waals surface area contributed by atoms with Crippen LogP contribution in [-0.2, 0) is 11.3 Å². The second-order valence-corrected chi connectivity index (χ2v) is 7.49. The van der Waals surface area contributed by atoms with Gasteiger partial charge in [0.15, 0.2) is 10.8 Å². The number of aromatic nitrogens is 3. The Morgan fingerprint density at radius 2 is 2.20 bits per heavy atom. The molecule has 0 spiro atoms. The molecule has 1 aliphatic rings. The molecule has 7 heteroatoms. The average Bonchev–Trinajstić information content (AvgIpc) is 2.62. The quantitative estimate of drug-likeness (QED) is 0.655. The Balaban J connectivity index is 1.72. The lowest BCUT2D eigenvalue weighted by Crippen LogP contribution is -2.41. The van der Waals surface area contributed by atoms with E-state index in [0.29, 0.717) is 28.7 Å². The van der Waals surface area contributed by atoms with E-state index in [9.17, 15) is 9.59 Å². The number of rotatable bonds is 5. The lowest BCUT2D eigenvalue weighted by molar-refractivity contribution is -0.119. The number of carbonyl (C=O) groups is 1. The molecule has 0 unspecified atom stereocenters. The summed E-state index contributed by atoms with van der Waals surface area (Å²) in [5.74, 6) is 0.787. The van der Waals surface area contributed by atoms with Gasteiger partial charge in [-0.25, -0.2) is 9.97 Å². The van der Waals surface area contributed by atoms with Crippen molar-refractivity contribution in [3.63, 3.8) is 0 Å². The first-order valence-electron chi connectivity index (χ1n) is 8.88. The summed E-state index contributed by atoms with van der Waals surface area (Å²) >= 11 is 1.30. The van der Waals surface area contributed by atoms with Crippen molar-refractivity contribution in [3.8, 4) is 0 Å². The van der Waals surface area contributed by atoms with E-state index < -0.39 is 0 Å². The third-order valence-electron chi connectivity index (χ3n) is 4.80. The van der Waals surface area contributed by atoms with Crippen LogP contribution in [0.25, 0.3) is 11.0 Å². The van der Waals surface area contributed by atoms with Gasteiger partial charge in [0.05, 0.1) is 11.1 Å². The Morgan fingerprint density at radius 1 is 1.40 bits per heavy atom. The molecule has 1 fully saturated rings. The van der Waals surface area contributed by atoms with E-state index in [1.807, 2.05) is 6.92 Å². The van der Waals surface area contributed by atoms with Gasteiger partial charge >= 0.3 is 0 Å². The lowest BCUT2D eigenvalue weighted by atomic mass is 9.86. The maximum atomic E-state index is 12.6. The number of hydrogen-bond donors (Lipinski definition) is 1. The molecule has 2 aromatic rings. The molecule has 0 saturated heterocycles. The molecule has 1 amide bonds. The number of hydrogen-bond acceptors (Lipinski definition) is 5. The Bertz CT molecular complexity index is 820. The number of pyridine rings is 1. The smallest absolute Gasteiger partial charge is 0.263 e. The Labute approximate surface area is 151 Å². The molecule has 2 aromatic heterocycles. The van der Waals surface area contributed by atoms with Crippen molar-refractivity contribution >= 4 is 28.7 Å². The minimum absolute atomic E-state index is 0.00164. The standard InChI is InChI=1S/C18H24N4O2S/c1-3-22-17(24)13-8-6-10-19-16(13)21-18(22)25-11-15(23)20-14-9-5-4-7-12(14)2/h6,8,10,12,14H,3-5,7,9,11H2,1-2H3,(H,20,23)/t12-,14-/m0/s1. The fourth-order valence-electron chi connectivity index (χ4n) is 3.33. The molecule has 0 bridgehead atoms. The molecule has 2 heterocycles. The third kappa shape index (κ3) is 4.03. The summed E-state index contributed by atoms with van der Waals surface area (Å²) in [7, 11) is 0. The first-order valence-corrected chi connectivity index (χ1v) is 9.86. The van der Waals surface area contributed by atoms with Crippen molar-refractivity contribution in [1.82, 2.24) is 19.9 Å². The number of nitrogens with zero attached hydrogens (tertiary/aromatic N) is 3. The average molecular weight is 360 g/mol. The van der Waals surface area contributed by atoms with Crippen LogP contribution in [0.3, 0.4) is 0 Å². The van der Waals surface area contributed by atoms with Gasteiger partial charge in [-0.15, -0.1) is 0 Å². The van der Waals surface area contributed by atoms with Gasteiger partial charge in [-0.2, -0.15) is 0 Å². The lowest BCUT2D eigenvalue weighted by Gasteiger charge is -2.29. The molecule has 0 aromatic carbocycles. The van der Waals surface area contributed by atoms with E-state index in [1.165, 1.54) is 31.0 Å². The fraction of sp³-hybridized carbons (Fsp3) is 0.556. The van der Waals surface area contributed by atoms with Crippen LogP contribution in [-0.4, -0.2) is 32.2 Å². The van der Waals surface area contributed by atoms with E-state index in [-0.39, 0.29) is 23.3 Å². The Kier molecular flexibility index (Phi) is 5.73. The predicted molar refractivity (Wildman–Crippen MR) is 99.8 cm³/mol. The molecule has 6 nitrogen and oxygen atoms in total. The van der Waals surface area contributed by atoms with Crippen LogP contribution < -0.4 is 10.9 Å². The second kappa shape index (κ2) is 7.99. The van der Waals surface area contributed by atoms with Gasteiger partial charge in [-0.1, -0.05) is 31.5 Å². The third-order valence-corrected chi connectivity index (χ3v) is 5.78. The molecule has 0 radical (unpaired) electrons. The van der Waals surface area contributed by atoms with Crippen LogP contribution in [0.4, 0.5) is 0 Å². The van der Waals surface area contributed by atoms with Crippen molar-refractivity contribution in [1.29, 1.82) is 0 Å². The van der Waals surface area contributed by atoms with E-state index in [0.717, 1.165) is 6.42 Å². The number of fused-ring (bicyclic) bond motifs is 1. The zero-order valence-corrected chi connectivity index (χ0v) is 15.5. The van der Waals surface area contributed by atoms with Crippen molar-refractivity contribution in [2.24, 2.45) is 5.92 Å². The fourth-order valence-corrected chi connectivity index (χ4v) is 4.20. The molecule has 1 saturated carbocycles. The van der Waals surface area contributed by atoms with Crippen molar-refractivity contribution in [3.05, 3.63) is 28.7 Å². The molecule has 0 aliphatic heterocycles. The minimum atomic E-state index is -0.107. The summed E-state index contributed by atoms with van der Waals surface area (Å²) in [6, 6.07) is 3.73. The molecule has 1 N–H and O–H groups in total. The molecule has 25 heavy (non-hydrogen) atoms. The van der Waals surface area contributed by atoms with E-state index in [1.54, 1.807) is 22.9 Å². The van der Waals surface area contributed by atoms with Gasteiger partial charge in [-0.05, 0) is 37.8 Å². The van der Waals surface area contributed by atoms with Crippen molar-refractivity contribution < 1.29 is 4.79 Å². The zero-order valence-electron chi connectivity index (χ0n) is 14.7. The summed E-state index contributed by atoms with van der Waals surface area (Å²) < 4.78 is 1.60. The van der Waals surface area contributed by atoms with Crippen LogP contribution in [0, 0.1) is 5.92 Å². The highest BCUT2D eigenvalue weighted by atomic mass is 32.2. The van der Waals surface area contributed by atoms with E-state index in [2.05, 4.69) is 22.2 Å². The summed E-state index contributed by atoms with van der Waals surface area (Å²) in [5, 5.41) is 4.19. The minimum Gasteiger partial charge on any atom is -0.352 e. The van der Waals surface area contributed by atoms with Gasteiger partial charge in [0.25, 0.3) is 5.56 Å².